The van der Waals surface area contributed by atoms with Crippen LogP contribution in [0.15, 0.2) is 24.3 Å². The summed E-state index contributed by atoms with van der Waals surface area (Å²) in [6.45, 7) is 5.03. The summed E-state index contributed by atoms with van der Waals surface area (Å²) < 4.78 is 0. The summed E-state index contributed by atoms with van der Waals surface area (Å²) in [6, 6.07) is 6.96. The van der Waals surface area contributed by atoms with Crippen molar-refractivity contribution in [3.05, 3.63) is 35.4 Å². The summed E-state index contributed by atoms with van der Waals surface area (Å²) >= 11 is 0. The summed E-state index contributed by atoms with van der Waals surface area (Å²) in [5.74, 6) is -1.24. The van der Waals surface area contributed by atoms with Gasteiger partial charge in [-0.15, -0.1) is 0 Å². The van der Waals surface area contributed by atoms with Crippen LogP contribution < -0.4 is 11.1 Å². The minimum atomic E-state index is -0.768. The third-order valence-electron chi connectivity index (χ3n) is 3.06. The van der Waals surface area contributed by atoms with Gasteiger partial charge in [0.15, 0.2) is 0 Å². The largest absolute Gasteiger partial charge is 0.481 e. The Bertz CT molecular complexity index is 455. The zero-order chi connectivity index (χ0) is 15.1. The van der Waals surface area contributed by atoms with Gasteiger partial charge >= 0.3 is 5.97 Å². The topological polar surface area (TPSA) is 92.4 Å². The first-order chi connectivity index (χ1) is 9.40. The highest BCUT2D eigenvalue weighted by Gasteiger charge is 2.18. The zero-order valence-corrected chi connectivity index (χ0v) is 11.9. The number of benzene rings is 1. The molecule has 1 aromatic rings. The monoisotopic (exact) mass is 278 g/mol. The second-order valence-corrected chi connectivity index (χ2v) is 5.36. The van der Waals surface area contributed by atoms with E-state index < -0.39 is 11.9 Å². The average molecular weight is 278 g/mol. The fraction of sp³-hybridized carbons (Fsp3) is 0.467. The Hall–Kier alpha value is -1.88. The van der Waals surface area contributed by atoms with E-state index in [0.29, 0.717) is 31.0 Å². The number of rotatable bonds is 8. The summed E-state index contributed by atoms with van der Waals surface area (Å²) in [4.78, 5) is 22.0. The van der Waals surface area contributed by atoms with E-state index in [9.17, 15) is 9.59 Å². The Morgan fingerprint density at radius 1 is 1.25 bits per heavy atom. The van der Waals surface area contributed by atoms with Crippen molar-refractivity contribution >= 4 is 11.9 Å². The van der Waals surface area contributed by atoms with Gasteiger partial charge in [0.05, 0.1) is 5.92 Å². The van der Waals surface area contributed by atoms with E-state index in [0.717, 1.165) is 5.56 Å². The lowest BCUT2D eigenvalue weighted by Crippen LogP contribution is -2.29. The van der Waals surface area contributed by atoms with Crippen LogP contribution in [0.25, 0.3) is 0 Å². The number of carboxylic acids is 1. The molecule has 0 fully saturated rings. The van der Waals surface area contributed by atoms with Crippen LogP contribution in [-0.2, 0) is 11.3 Å². The van der Waals surface area contributed by atoms with Crippen molar-refractivity contribution in [1.29, 1.82) is 0 Å². The Labute approximate surface area is 119 Å². The van der Waals surface area contributed by atoms with Crippen molar-refractivity contribution in [3.8, 4) is 0 Å². The van der Waals surface area contributed by atoms with Crippen molar-refractivity contribution in [2.45, 2.75) is 26.8 Å². The third kappa shape index (κ3) is 5.40. The molecular weight excluding hydrogens is 256 g/mol. The molecule has 0 saturated heterocycles. The van der Waals surface area contributed by atoms with Gasteiger partial charge in [-0.2, -0.15) is 0 Å². The SMILES string of the molecule is CC(C)CC(CNCc1ccc(C(N)=O)cc1)C(=O)O. The lowest BCUT2D eigenvalue weighted by molar-refractivity contribution is -0.142. The second kappa shape index (κ2) is 7.65. The molecule has 0 aromatic heterocycles. The van der Waals surface area contributed by atoms with Crippen molar-refractivity contribution in [2.24, 2.45) is 17.6 Å². The normalized spacial score (nSPS) is 12.3. The van der Waals surface area contributed by atoms with Gasteiger partial charge in [-0.05, 0) is 30.0 Å². The van der Waals surface area contributed by atoms with Crippen LogP contribution >= 0.6 is 0 Å². The van der Waals surface area contributed by atoms with Crippen LogP contribution in [0.2, 0.25) is 0 Å². The average Bonchev–Trinajstić information content (AvgIpc) is 2.37. The van der Waals surface area contributed by atoms with E-state index in [1.807, 2.05) is 26.0 Å². The van der Waals surface area contributed by atoms with Gasteiger partial charge < -0.3 is 16.2 Å². The molecular formula is C15H22N2O3. The van der Waals surface area contributed by atoms with E-state index in [2.05, 4.69) is 5.32 Å². The van der Waals surface area contributed by atoms with Crippen molar-refractivity contribution in [2.75, 3.05) is 6.54 Å². The van der Waals surface area contributed by atoms with Crippen LogP contribution in [0, 0.1) is 11.8 Å². The second-order valence-electron chi connectivity index (χ2n) is 5.36. The number of carboxylic acid groups (broad SMARTS) is 1. The van der Waals surface area contributed by atoms with Gasteiger partial charge in [-0.3, -0.25) is 9.59 Å². The molecule has 0 aliphatic carbocycles. The molecule has 20 heavy (non-hydrogen) atoms. The highest BCUT2D eigenvalue weighted by molar-refractivity contribution is 5.92. The molecule has 0 saturated carbocycles. The van der Waals surface area contributed by atoms with Gasteiger partial charge in [-0.1, -0.05) is 26.0 Å². The minimum Gasteiger partial charge on any atom is -0.481 e. The molecule has 1 amide bonds. The van der Waals surface area contributed by atoms with Crippen LogP contribution in [0.4, 0.5) is 0 Å². The first-order valence-corrected chi connectivity index (χ1v) is 6.72. The van der Waals surface area contributed by atoms with E-state index in [4.69, 9.17) is 10.8 Å². The summed E-state index contributed by atoms with van der Waals surface area (Å²) in [6.07, 6.45) is 0.656. The van der Waals surface area contributed by atoms with E-state index in [1.165, 1.54) is 0 Å². The van der Waals surface area contributed by atoms with Crippen molar-refractivity contribution < 1.29 is 14.7 Å². The van der Waals surface area contributed by atoms with Gasteiger partial charge in [0.25, 0.3) is 0 Å². The van der Waals surface area contributed by atoms with Gasteiger partial charge in [0, 0.05) is 18.7 Å². The van der Waals surface area contributed by atoms with E-state index >= 15 is 0 Å². The van der Waals surface area contributed by atoms with Crippen molar-refractivity contribution in [3.63, 3.8) is 0 Å². The maximum Gasteiger partial charge on any atom is 0.307 e. The summed E-state index contributed by atoms with van der Waals surface area (Å²) in [5.41, 5.74) is 6.62. The van der Waals surface area contributed by atoms with Crippen LogP contribution in [0.5, 0.6) is 0 Å². The molecule has 0 radical (unpaired) electrons. The number of nitrogens with two attached hydrogens (primary N) is 1. The molecule has 0 spiro atoms. The molecule has 1 unspecified atom stereocenters. The quantitative estimate of drug-likeness (QED) is 0.673. The molecule has 5 nitrogen and oxygen atoms in total. The predicted molar refractivity (Wildman–Crippen MR) is 77.2 cm³/mol. The van der Waals surface area contributed by atoms with E-state index in [1.54, 1.807) is 12.1 Å². The maximum atomic E-state index is 11.1. The van der Waals surface area contributed by atoms with Crippen molar-refractivity contribution in [1.82, 2.24) is 5.32 Å². The van der Waals surface area contributed by atoms with Gasteiger partial charge in [0.1, 0.15) is 0 Å². The predicted octanol–water partition coefficient (Wildman–Crippen LogP) is 1.62. The lowest BCUT2D eigenvalue weighted by atomic mass is 9.97. The minimum absolute atomic E-state index is 0.354. The van der Waals surface area contributed by atoms with E-state index in [-0.39, 0.29) is 5.92 Å². The maximum absolute atomic E-state index is 11.1. The molecule has 0 heterocycles. The van der Waals surface area contributed by atoms with Crippen LogP contribution in [-0.4, -0.2) is 23.5 Å². The molecule has 110 valence electrons. The van der Waals surface area contributed by atoms with Gasteiger partial charge in [0.2, 0.25) is 5.91 Å². The Morgan fingerprint density at radius 2 is 1.85 bits per heavy atom. The molecule has 1 atom stereocenters. The number of nitrogens with one attached hydrogen (secondary N) is 1. The highest BCUT2D eigenvalue weighted by Crippen LogP contribution is 2.11. The zero-order valence-electron chi connectivity index (χ0n) is 11.9. The van der Waals surface area contributed by atoms with Crippen LogP contribution in [0.3, 0.4) is 0 Å². The van der Waals surface area contributed by atoms with Crippen LogP contribution in [0.1, 0.15) is 36.2 Å². The first kappa shape index (κ1) is 16.2. The standard InChI is InChI=1S/C15H22N2O3/c1-10(2)7-13(15(19)20)9-17-8-11-3-5-12(6-4-11)14(16)18/h3-6,10,13,17H,7-9H2,1-2H3,(H2,16,18)(H,19,20). The molecule has 4 N–H and O–H groups in total. The lowest BCUT2D eigenvalue weighted by Gasteiger charge is -2.15. The Morgan fingerprint density at radius 3 is 2.30 bits per heavy atom. The third-order valence-corrected chi connectivity index (χ3v) is 3.06. The molecule has 5 heteroatoms. The molecule has 0 aliphatic heterocycles. The Balaban J connectivity index is 2.46. The number of hydrogen-bond acceptors (Lipinski definition) is 3. The number of primary amides is 1. The smallest absolute Gasteiger partial charge is 0.307 e. The number of aliphatic carboxylic acids is 1. The molecule has 0 aliphatic rings. The highest BCUT2D eigenvalue weighted by atomic mass is 16.4. The number of amides is 1. The Kier molecular flexibility index (Phi) is 6.18. The fourth-order valence-electron chi connectivity index (χ4n) is 2.02. The number of carbonyl (C=O) groups excluding carboxylic acids is 1. The summed E-state index contributed by atoms with van der Waals surface area (Å²) in [5, 5.41) is 12.3. The molecule has 1 rings (SSSR count). The number of carbonyl (C=O) groups is 2. The molecule has 1 aromatic carbocycles. The summed E-state index contributed by atoms with van der Waals surface area (Å²) in [7, 11) is 0. The first-order valence-electron chi connectivity index (χ1n) is 6.72. The van der Waals surface area contributed by atoms with Gasteiger partial charge in [-0.25, -0.2) is 0 Å². The molecule has 0 bridgehead atoms. The fourth-order valence-corrected chi connectivity index (χ4v) is 2.02. The number of hydrogen-bond donors (Lipinski definition) is 3.